The summed E-state index contributed by atoms with van der Waals surface area (Å²) in [6, 6.07) is 16.2. The quantitative estimate of drug-likeness (QED) is 0.847. The third-order valence-electron chi connectivity index (χ3n) is 4.44. The summed E-state index contributed by atoms with van der Waals surface area (Å²) in [4.78, 5) is 16.7. The van der Waals surface area contributed by atoms with Crippen molar-refractivity contribution in [1.29, 1.82) is 0 Å². The van der Waals surface area contributed by atoms with Crippen LogP contribution in [0.1, 0.15) is 18.1 Å². The Morgan fingerprint density at radius 3 is 2.46 bits per heavy atom. The lowest BCUT2D eigenvalue weighted by Gasteiger charge is -2.24. The van der Waals surface area contributed by atoms with Gasteiger partial charge in [-0.15, -0.1) is 0 Å². The maximum Gasteiger partial charge on any atom is 0.264 e. The van der Waals surface area contributed by atoms with E-state index in [1.165, 1.54) is 0 Å². The number of rotatable bonds is 5. The second-order valence-corrected chi connectivity index (χ2v) is 6.33. The minimum Gasteiger partial charge on any atom is -0.480 e. The number of carbonyl (C=O) groups is 1. The molecule has 1 heterocycles. The van der Waals surface area contributed by atoms with Crippen LogP contribution in [0, 0.1) is 0 Å². The van der Waals surface area contributed by atoms with E-state index in [0.29, 0.717) is 19.5 Å². The first-order valence-corrected chi connectivity index (χ1v) is 8.38. The van der Waals surface area contributed by atoms with E-state index in [1.54, 1.807) is 0 Å². The van der Waals surface area contributed by atoms with Gasteiger partial charge in [-0.05, 0) is 36.2 Å². The number of benzene rings is 2. The van der Waals surface area contributed by atoms with E-state index < -0.39 is 6.10 Å². The number of likely N-dealkylation sites (N-methyl/N-ethyl adjacent to an activating group) is 1. The SMILES string of the molecule is CCN(Cc1ccc(N(C)C)cc1)C(=O)C1Cc2ccccc2O1. The standard InChI is InChI=1S/C20H24N2O2/c1-4-22(14-15-9-11-17(12-10-15)21(2)3)20(23)19-13-16-7-5-6-8-18(16)24-19/h5-12,19H,4,13-14H2,1-3H3. The summed E-state index contributed by atoms with van der Waals surface area (Å²) in [5.74, 6) is 0.896. The van der Waals surface area contributed by atoms with Gasteiger partial charge in [0.2, 0.25) is 0 Å². The van der Waals surface area contributed by atoms with Gasteiger partial charge in [0, 0.05) is 39.3 Å². The molecule has 0 radical (unpaired) electrons. The Balaban J connectivity index is 1.67. The van der Waals surface area contributed by atoms with Crippen LogP contribution in [-0.4, -0.2) is 37.6 Å². The highest BCUT2D eigenvalue weighted by atomic mass is 16.5. The predicted octanol–water partition coefficient (Wildman–Crippen LogP) is 3.10. The van der Waals surface area contributed by atoms with Crippen molar-refractivity contribution in [2.45, 2.75) is 26.0 Å². The van der Waals surface area contributed by atoms with Crippen molar-refractivity contribution in [2.75, 3.05) is 25.5 Å². The first kappa shape index (κ1) is 16.4. The van der Waals surface area contributed by atoms with Crippen LogP contribution in [0.5, 0.6) is 5.75 Å². The molecular formula is C20H24N2O2. The maximum atomic E-state index is 12.8. The molecule has 0 bridgehead atoms. The molecule has 2 aromatic rings. The van der Waals surface area contributed by atoms with Gasteiger partial charge in [0.05, 0.1) is 0 Å². The largest absolute Gasteiger partial charge is 0.480 e. The minimum atomic E-state index is -0.400. The Hall–Kier alpha value is -2.49. The fourth-order valence-electron chi connectivity index (χ4n) is 2.99. The zero-order chi connectivity index (χ0) is 17.1. The van der Waals surface area contributed by atoms with Crippen molar-refractivity contribution < 1.29 is 9.53 Å². The van der Waals surface area contributed by atoms with Crippen LogP contribution < -0.4 is 9.64 Å². The third-order valence-corrected chi connectivity index (χ3v) is 4.44. The first-order valence-electron chi connectivity index (χ1n) is 8.38. The van der Waals surface area contributed by atoms with Crippen LogP contribution in [0.4, 0.5) is 5.69 Å². The van der Waals surface area contributed by atoms with Crippen LogP contribution in [0.15, 0.2) is 48.5 Å². The summed E-state index contributed by atoms with van der Waals surface area (Å²) in [7, 11) is 4.04. The van der Waals surface area contributed by atoms with Gasteiger partial charge in [0.15, 0.2) is 6.10 Å². The third kappa shape index (κ3) is 3.37. The first-order chi connectivity index (χ1) is 11.6. The highest BCUT2D eigenvalue weighted by Crippen LogP contribution is 2.29. The molecule has 0 aliphatic carbocycles. The number of hydrogen-bond donors (Lipinski definition) is 0. The molecule has 1 atom stereocenters. The molecule has 0 saturated heterocycles. The molecule has 1 aliphatic heterocycles. The summed E-state index contributed by atoms with van der Waals surface area (Å²) in [6.45, 7) is 3.29. The molecule has 0 fully saturated rings. The summed E-state index contributed by atoms with van der Waals surface area (Å²) in [5, 5.41) is 0. The van der Waals surface area contributed by atoms with Crippen LogP contribution in [-0.2, 0) is 17.8 Å². The van der Waals surface area contributed by atoms with Gasteiger partial charge in [0.25, 0.3) is 5.91 Å². The second kappa shape index (κ2) is 6.95. The van der Waals surface area contributed by atoms with E-state index in [1.807, 2.05) is 50.2 Å². The summed E-state index contributed by atoms with van der Waals surface area (Å²) in [5.41, 5.74) is 3.40. The predicted molar refractivity (Wildman–Crippen MR) is 96.4 cm³/mol. The highest BCUT2D eigenvalue weighted by Gasteiger charge is 2.31. The molecule has 0 saturated carbocycles. The van der Waals surface area contributed by atoms with Gasteiger partial charge in [-0.2, -0.15) is 0 Å². The molecule has 1 unspecified atom stereocenters. The van der Waals surface area contributed by atoms with E-state index >= 15 is 0 Å². The van der Waals surface area contributed by atoms with Crippen molar-refractivity contribution in [3.8, 4) is 5.75 Å². The van der Waals surface area contributed by atoms with E-state index in [9.17, 15) is 4.79 Å². The van der Waals surface area contributed by atoms with Crippen molar-refractivity contribution in [2.24, 2.45) is 0 Å². The molecule has 0 N–H and O–H groups in total. The number of hydrogen-bond acceptors (Lipinski definition) is 3. The topological polar surface area (TPSA) is 32.8 Å². The lowest BCUT2D eigenvalue weighted by molar-refractivity contribution is -0.138. The molecule has 24 heavy (non-hydrogen) atoms. The summed E-state index contributed by atoms with van der Waals surface area (Å²) in [6.07, 6.45) is 0.258. The Bertz CT molecular complexity index is 685. The smallest absolute Gasteiger partial charge is 0.264 e. The Morgan fingerprint density at radius 2 is 1.83 bits per heavy atom. The Kier molecular flexibility index (Phi) is 4.74. The Morgan fingerprint density at radius 1 is 1.12 bits per heavy atom. The van der Waals surface area contributed by atoms with E-state index in [0.717, 1.165) is 22.6 Å². The van der Waals surface area contributed by atoms with Gasteiger partial charge in [-0.25, -0.2) is 0 Å². The van der Waals surface area contributed by atoms with Gasteiger partial charge >= 0.3 is 0 Å². The van der Waals surface area contributed by atoms with Crippen molar-refractivity contribution in [3.63, 3.8) is 0 Å². The van der Waals surface area contributed by atoms with Crippen molar-refractivity contribution >= 4 is 11.6 Å². The number of fused-ring (bicyclic) bond motifs is 1. The molecule has 1 amide bonds. The molecule has 0 spiro atoms. The van der Waals surface area contributed by atoms with Gasteiger partial charge in [-0.3, -0.25) is 4.79 Å². The number of nitrogens with zero attached hydrogens (tertiary/aromatic N) is 2. The molecule has 0 aromatic heterocycles. The van der Waals surface area contributed by atoms with Crippen LogP contribution >= 0.6 is 0 Å². The van der Waals surface area contributed by atoms with Crippen LogP contribution in [0.2, 0.25) is 0 Å². The fourth-order valence-corrected chi connectivity index (χ4v) is 2.99. The van der Waals surface area contributed by atoms with Gasteiger partial charge in [-0.1, -0.05) is 30.3 Å². The molecule has 2 aromatic carbocycles. The average Bonchev–Trinajstić information content (AvgIpc) is 3.03. The monoisotopic (exact) mass is 324 g/mol. The number of anilines is 1. The molecule has 1 aliphatic rings. The summed E-state index contributed by atoms with van der Waals surface area (Å²) >= 11 is 0. The highest BCUT2D eigenvalue weighted by molar-refractivity contribution is 5.82. The molecule has 126 valence electrons. The summed E-state index contributed by atoms with van der Waals surface area (Å²) < 4.78 is 5.84. The number of amides is 1. The second-order valence-electron chi connectivity index (χ2n) is 6.33. The average molecular weight is 324 g/mol. The lowest BCUT2D eigenvalue weighted by Crippen LogP contribution is -2.40. The van der Waals surface area contributed by atoms with Crippen molar-refractivity contribution in [3.05, 3.63) is 59.7 Å². The maximum absolute atomic E-state index is 12.8. The minimum absolute atomic E-state index is 0.0605. The molecule has 3 rings (SSSR count). The van der Waals surface area contributed by atoms with Gasteiger partial charge < -0.3 is 14.5 Å². The number of carbonyl (C=O) groups excluding carboxylic acids is 1. The molecular weight excluding hydrogens is 300 g/mol. The Labute approximate surface area is 143 Å². The fraction of sp³-hybridized carbons (Fsp3) is 0.350. The van der Waals surface area contributed by atoms with Gasteiger partial charge in [0.1, 0.15) is 5.75 Å². The normalized spacial score (nSPS) is 15.5. The zero-order valence-corrected chi connectivity index (χ0v) is 14.5. The van der Waals surface area contributed by atoms with Crippen LogP contribution in [0.3, 0.4) is 0 Å². The van der Waals surface area contributed by atoms with E-state index in [2.05, 4.69) is 29.2 Å². The van der Waals surface area contributed by atoms with E-state index in [-0.39, 0.29) is 5.91 Å². The zero-order valence-electron chi connectivity index (χ0n) is 14.5. The van der Waals surface area contributed by atoms with Crippen LogP contribution in [0.25, 0.3) is 0 Å². The number of ether oxygens (including phenoxy) is 1. The van der Waals surface area contributed by atoms with E-state index in [4.69, 9.17) is 4.74 Å². The number of para-hydroxylation sites is 1. The lowest BCUT2D eigenvalue weighted by atomic mass is 10.1. The molecule has 4 nitrogen and oxygen atoms in total. The molecule has 4 heteroatoms. The van der Waals surface area contributed by atoms with Crippen molar-refractivity contribution in [1.82, 2.24) is 4.90 Å².